The number of hydrogen-bond acceptors (Lipinski definition) is 9. The molecule has 1 saturated heterocycles. The highest BCUT2D eigenvalue weighted by molar-refractivity contribution is 6.39. The van der Waals surface area contributed by atoms with Crippen molar-refractivity contribution in [3.63, 3.8) is 0 Å². The number of fused-ring (bicyclic) bond motifs is 1. The van der Waals surface area contributed by atoms with E-state index in [1.807, 2.05) is 25.1 Å². The van der Waals surface area contributed by atoms with Crippen molar-refractivity contribution >= 4 is 46.2 Å². The summed E-state index contributed by atoms with van der Waals surface area (Å²) in [6.07, 6.45) is 6.01. The number of aromatic nitrogens is 5. The SMILES string of the molecule is COc1nc(-c2cccc(-c3ccnc(-c4cc5c(=O)n(C)c(CN[C@H]6C[C@@](C)(O)C6)nn5c4)c3Cl)c2Cl)cc(Cl)c1CNC[C@@H]1CCC(=O)N1. The van der Waals surface area contributed by atoms with E-state index in [-0.39, 0.29) is 23.6 Å². The number of methoxy groups -OCH3 is 1. The first kappa shape index (κ1) is 35.4. The fraction of sp³-hybridized carbons (Fsp3) is 0.361. The summed E-state index contributed by atoms with van der Waals surface area (Å²) < 4.78 is 8.71. The summed E-state index contributed by atoms with van der Waals surface area (Å²) in [5.41, 5.74) is 3.76. The highest BCUT2D eigenvalue weighted by Gasteiger charge is 2.38. The number of amides is 1. The first-order chi connectivity index (χ1) is 24.4. The number of carbonyl (C=O) groups is 1. The lowest BCUT2D eigenvalue weighted by Crippen LogP contribution is -2.51. The van der Waals surface area contributed by atoms with Gasteiger partial charge < -0.3 is 25.8 Å². The van der Waals surface area contributed by atoms with Crippen LogP contribution in [0, 0.1) is 0 Å². The zero-order valence-corrected chi connectivity index (χ0v) is 30.5. The largest absolute Gasteiger partial charge is 0.481 e. The van der Waals surface area contributed by atoms with E-state index in [9.17, 15) is 14.7 Å². The molecule has 2 fully saturated rings. The minimum absolute atomic E-state index is 0.0641. The number of rotatable bonds is 11. The summed E-state index contributed by atoms with van der Waals surface area (Å²) in [6.45, 7) is 3.21. The molecule has 1 aromatic carbocycles. The quantitative estimate of drug-likeness (QED) is 0.144. The van der Waals surface area contributed by atoms with E-state index in [0.717, 1.165) is 6.42 Å². The number of halogens is 3. The predicted molar refractivity (Wildman–Crippen MR) is 197 cm³/mol. The Labute approximate surface area is 309 Å². The summed E-state index contributed by atoms with van der Waals surface area (Å²) in [7, 11) is 3.23. The first-order valence-corrected chi connectivity index (χ1v) is 17.8. The van der Waals surface area contributed by atoms with Crippen molar-refractivity contribution in [1.82, 2.24) is 40.1 Å². The van der Waals surface area contributed by atoms with Crippen LogP contribution < -0.4 is 26.2 Å². The van der Waals surface area contributed by atoms with Gasteiger partial charge in [0.2, 0.25) is 11.8 Å². The number of nitrogens with one attached hydrogen (secondary N) is 3. The lowest BCUT2D eigenvalue weighted by molar-refractivity contribution is -0.119. The van der Waals surface area contributed by atoms with Gasteiger partial charge in [0.25, 0.3) is 5.56 Å². The van der Waals surface area contributed by atoms with Crippen LogP contribution in [-0.2, 0) is 24.9 Å². The van der Waals surface area contributed by atoms with Crippen molar-refractivity contribution in [2.75, 3.05) is 13.7 Å². The van der Waals surface area contributed by atoms with E-state index in [4.69, 9.17) is 49.6 Å². The average Bonchev–Trinajstić information content (AvgIpc) is 3.71. The topological polar surface area (TPSA) is 148 Å². The molecular formula is C36H37Cl3N8O4. The Morgan fingerprint density at radius 3 is 2.57 bits per heavy atom. The molecule has 266 valence electrons. The van der Waals surface area contributed by atoms with Crippen molar-refractivity contribution in [3.05, 3.63) is 85.6 Å². The summed E-state index contributed by atoms with van der Waals surface area (Å²) in [5.74, 6) is 0.988. The third-order valence-electron chi connectivity index (χ3n) is 9.59. The third-order valence-corrected chi connectivity index (χ3v) is 10.7. The molecule has 5 heterocycles. The van der Waals surface area contributed by atoms with Crippen LogP contribution in [0.25, 0.3) is 39.2 Å². The Bertz CT molecular complexity index is 2210. The van der Waals surface area contributed by atoms with Crippen LogP contribution in [0.3, 0.4) is 0 Å². The number of nitrogens with zero attached hydrogens (tertiary/aromatic N) is 5. The normalized spacial score (nSPS) is 20.1. The van der Waals surface area contributed by atoms with Gasteiger partial charge in [-0.15, -0.1) is 0 Å². The van der Waals surface area contributed by atoms with Crippen molar-refractivity contribution in [3.8, 4) is 39.5 Å². The monoisotopic (exact) mass is 750 g/mol. The molecule has 2 aliphatic rings. The number of pyridine rings is 2. The Hall–Kier alpha value is -4.04. The zero-order chi connectivity index (χ0) is 36.0. The highest BCUT2D eigenvalue weighted by atomic mass is 35.5. The molecule has 1 atom stereocenters. The van der Waals surface area contributed by atoms with Crippen LogP contribution in [0.4, 0.5) is 0 Å². The molecule has 1 saturated carbocycles. The van der Waals surface area contributed by atoms with Crippen LogP contribution in [0.2, 0.25) is 15.1 Å². The predicted octanol–water partition coefficient (Wildman–Crippen LogP) is 5.16. The molecular weight excluding hydrogens is 715 g/mol. The molecule has 12 nitrogen and oxygen atoms in total. The maximum absolute atomic E-state index is 13.3. The standard InChI is InChI=1S/C36H37Cl3N8O4/c1-36(50)13-21(14-36)42-17-29-45-47-18-19(11-28(47)35(49)46(29)2)33-32(39)23(9-10-41-33)22-5-4-6-24(31(22)38)27-12-26(37)25(34(44-27)51-3)16-40-15-20-7-8-30(48)43-20/h4-6,9-12,18,20-21,40,42,50H,7-8,13-17H2,1-3H3,(H,43,48)/t20-,21-,36+/m0/s1. The van der Waals surface area contributed by atoms with Crippen molar-refractivity contribution in [2.24, 2.45) is 7.05 Å². The minimum atomic E-state index is -0.651. The van der Waals surface area contributed by atoms with Gasteiger partial charge >= 0.3 is 0 Å². The second kappa shape index (κ2) is 14.2. The molecule has 15 heteroatoms. The van der Waals surface area contributed by atoms with E-state index in [1.54, 1.807) is 42.2 Å². The fourth-order valence-electron chi connectivity index (χ4n) is 6.82. The Morgan fingerprint density at radius 1 is 1.08 bits per heavy atom. The Morgan fingerprint density at radius 2 is 1.84 bits per heavy atom. The van der Waals surface area contributed by atoms with E-state index in [1.165, 1.54) is 11.7 Å². The molecule has 7 rings (SSSR count). The van der Waals surface area contributed by atoms with E-state index >= 15 is 0 Å². The number of benzene rings is 1. The van der Waals surface area contributed by atoms with E-state index < -0.39 is 5.60 Å². The number of aliphatic hydroxyl groups is 1. The van der Waals surface area contributed by atoms with Gasteiger partial charge in [-0.3, -0.25) is 19.1 Å². The van der Waals surface area contributed by atoms with Crippen LogP contribution in [0.15, 0.2) is 53.6 Å². The van der Waals surface area contributed by atoms with Gasteiger partial charge in [-0.25, -0.2) is 9.50 Å². The zero-order valence-electron chi connectivity index (χ0n) is 28.3. The van der Waals surface area contributed by atoms with Gasteiger partial charge in [0, 0.05) is 78.9 Å². The van der Waals surface area contributed by atoms with E-state index in [0.29, 0.717) is 110 Å². The van der Waals surface area contributed by atoms with Crippen LogP contribution >= 0.6 is 34.8 Å². The second-order valence-electron chi connectivity index (χ2n) is 13.4. The number of hydrogen-bond donors (Lipinski definition) is 4. The molecule has 0 bridgehead atoms. The third kappa shape index (κ3) is 7.09. The summed E-state index contributed by atoms with van der Waals surface area (Å²) in [4.78, 5) is 34.2. The molecule has 1 amide bonds. The molecule has 4 aromatic heterocycles. The number of carbonyl (C=O) groups excluding carboxylic acids is 1. The Kier molecular flexibility index (Phi) is 9.83. The van der Waals surface area contributed by atoms with Gasteiger partial charge in [-0.05, 0) is 44.4 Å². The van der Waals surface area contributed by atoms with E-state index in [2.05, 4.69) is 20.9 Å². The molecule has 0 unspecified atom stereocenters. The van der Waals surface area contributed by atoms with Gasteiger partial charge in [0.1, 0.15) is 11.3 Å². The second-order valence-corrected chi connectivity index (χ2v) is 14.6. The number of ether oxygens (including phenoxy) is 1. The van der Waals surface area contributed by atoms with Crippen molar-refractivity contribution < 1.29 is 14.6 Å². The van der Waals surface area contributed by atoms with Crippen LogP contribution in [0.5, 0.6) is 5.88 Å². The molecule has 0 radical (unpaired) electrons. The van der Waals surface area contributed by atoms with Gasteiger partial charge in [-0.1, -0.05) is 53.0 Å². The van der Waals surface area contributed by atoms with Crippen molar-refractivity contribution in [1.29, 1.82) is 0 Å². The van der Waals surface area contributed by atoms with Gasteiger partial charge in [0.05, 0.1) is 45.7 Å². The highest BCUT2D eigenvalue weighted by Crippen LogP contribution is 2.42. The van der Waals surface area contributed by atoms with Gasteiger partial charge in [-0.2, -0.15) is 5.10 Å². The maximum Gasteiger partial charge on any atom is 0.277 e. The molecule has 4 N–H and O–H groups in total. The lowest BCUT2D eigenvalue weighted by atomic mass is 9.77. The first-order valence-electron chi connectivity index (χ1n) is 16.6. The molecule has 1 aliphatic heterocycles. The smallest absolute Gasteiger partial charge is 0.277 e. The minimum Gasteiger partial charge on any atom is -0.481 e. The van der Waals surface area contributed by atoms with Crippen molar-refractivity contribution in [2.45, 2.75) is 63.4 Å². The lowest BCUT2D eigenvalue weighted by Gasteiger charge is -2.41. The summed E-state index contributed by atoms with van der Waals surface area (Å²) >= 11 is 20.9. The maximum atomic E-state index is 13.3. The van der Waals surface area contributed by atoms with Crippen LogP contribution in [-0.4, -0.2) is 66.5 Å². The van der Waals surface area contributed by atoms with Gasteiger partial charge in [0.15, 0.2) is 0 Å². The fourth-order valence-corrected chi connectivity index (χ4v) is 7.72. The average molecular weight is 752 g/mol. The summed E-state index contributed by atoms with van der Waals surface area (Å²) in [6, 6.07) is 11.1. The molecule has 0 spiro atoms. The molecule has 51 heavy (non-hydrogen) atoms. The summed E-state index contributed by atoms with van der Waals surface area (Å²) in [5, 5.41) is 25.6. The molecule has 5 aromatic rings. The Balaban J connectivity index is 1.16. The van der Waals surface area contributed by atoms with Crippen LogP contribution in [0.1, 0.15) is 44.0 Å². The molecule has 1 aliphatic carbocycles.